The largest absolute Gasteiger partial charge is 0.322 e. The minimum absolute atomic E-state index is 0.0894. The van der Waals surface area contributed by atoms with Gasteiger partial charge in [0.1, 0.15) is 12.4 Å². The summed E-state index contributed by atoms with van der Waals surface area (Å²) in [5.74, 6) is 0.227. The van der Waals surface area contributed by atoms with Crippen LogP contribution in [0, 0.1) is 13.8 Å². The van der Waals surface area contributed by atoms with Crippen molar-refractivity contribution in [2.45, 2.75) is 20.8 Å². The number of aryl methyl sites for hydroxylation is 1. The number of carbonyl (C=O) groups is 2. The summed E-state index contributed by atoms with van der Waals surface area (Å²) >= 11 is 0. The number of amides is 3. The topological polar surface area (TPSA) is 79.3 Å². The zero-order chi connectivity index (χ0) is 24.8. The third kappa shape index (κ3) is 5.58. The number of para-hydroxylation sites is 1. The van der Waals surface area contributed by atoms with E-state index < -0.39 is 0 Å². The molecule has 7 nitrogen and oxygen atoms in total. The average molecular weight is 468 g/mol. The zero-order valence-corrected chi connectivity index (χ0v) is 20.2. The van der Waals surface area contributed by atoms with Gasteiger partial charge in [0.25, 0.3) is 0 Å². The number of hydrogen-bond acceptors (Lipinski definition) is 3. The van der Waals surface area contributed by atoms with Crippen LogP contribution in [0.25, 0.3) is 16.9 Å². The molecule has 7 heteroatoms. The molecule has 0 aliphatic rings. The first kappa shape index (κ1) is 23.8. The van der Waals surface area contributed by atoms with Crippen molar-refractivity contribution in [2.75, 3.05) is 23.7 Å². The van der Waals surface area contributed by atoms with Gasteiger partial charge in [-0.1, -0.05) is 60.7 Å². The molecule has 0 spiro atoms. The van der Waals surface area contributed by atoms with Crippen LogP contribution in [-0.2, 0) is 4.79 Å². The summed E-state index contributed by atoms with van der Waals surface area (Å²) in [6, 6.07) is 26.7. The van der Waals surface area contributed by atoms with Gasteiger partial charge in [0.05, 0.1) is 11.4 Å². The lowest BCUT2D eigenvalue weighted by molar-refractivity contribution is -0.116. The number of aromatic nitrogens is 2. The summed E-state index contributed by atoms with van der Waals surface area (Å²) in [6.07, 6.45) is 0. The third-order valence-electron chi connectivity index (χ3n) is 5.90. The van der Waals surface area contributed by atoms with E-state index in [0.29, 0.717) is 12.4 Å². The SMILES string of the molecule is CCN(CC(=O)Nc1cc(-c2ccccc2)nn1-c1ccccc1)C(=O)Nc1cccc(C)c1C. The molecule has 0 bridgehead atoms. The predicted octanol–water partition coefficient (Wildman–Crippen LogP) is 5.65. The van der Waals surface area contributed by atoms with E-state index in [1.807, 2.05) is 106 Å². The van der Waals surface area contributed by atoms with E-state index >= 15 is 0 Å². The number of anilines is 2. The molecule has 0 aliphatic carbocycles. The molecule has 0 radical (unpaired) electrons. The maximum absolute atomic E-state index is 13.0. The van der Waals surface area contributed by atoms with Gasteiger partial charge in [-0.2, -0.15) is 5.10 Å². The predicted molar refractivity (Wildman–Crippen MR) is 140 cm³/mol. The smallest absolute Gasteiger partial charge is 0.315 e. The second kappa shape index (κ2) is 10.7. The van der Waals surface area contributed by atoms with Crippen molar-refractivity contribution in [3.63, 3.8) is 0 Å². The van der Waals surface area contributed by atoms with Gasteiger partial charge in [-0.25, -0.2) is 9.48 Å². The van der Waals surface area contributed by atoms with Crippen LogP contribution in [0.4, 0.5) is 16.3 Å². The van der Waals surface area contributed by atoms with E-state index in [2.05, 4.69) is 10.6 Å². The summed E-state index contributed by atoms with van der Waals surface area (Å²) < 4.78 is 1.70. The minimum atomic E-state index is -0.321. The normalized spacial score (nSPS) is 10.6. The number of carbonyl (C=O) groups excluding carboxylic acids is 2. The highest BCUT2D eigenvalue weighted by Gasteiger charge is 2.19. The Morgan fingerprint density at radius 2 is 1.57 bits per heavy atom. The molecule has 1 heterocycles. The number of urea groups is 1. The lowest BCUT2D eigenvalue weighted by atomic mass is 10.1. The van der Waals surface area contributed by atoms with Crippen molar-refractivity contribution in [1.29, 1.82) is 0 Å². The minimum Gasteiger partial charge on any atom is -0.315 e. The Hall–Kier alpha value is -4.39. The first-order chi connectivity index (χ1) is 17.0. The van der Waals surface area contributed by atoms with E-state index in [9.17, 15) is 9.59 Å². The molecular formula is C28H29N5O2. The summed E-state index contributed by atoms with van der Waals surface area (Å²) in [5, 5.41) is 10.6. The molecule has 0 atom stereocenters. The van der Waals surface area contributed by atoms with E-state index in [1.165, 1.54) is 4.90 Å². The van der Waals surface area contributed by atoms with Crippen molar-refractivity contribution in [2.24, 2.45) is 0 Å². The molecule has 4 aromatic rings. The molecule has 0 saturated carbocycles. The lowest BCUT2D eigenvalue weighted by Crippen LogP contribution is -2.40. The highest BCUT2D eigenvalue weighted by molar-refractivity contribution is 5.97. The molecule has 1 aromatic heterocycles. The van der Waals surface area contributed by atoms with Crippen molar-refractivity contribution in [3.05, 3.63) is 96.1 Å². The maximum Gasteiger partial charge on any atom is 0.322 e. The van der Waals surface area contributed by atoms with Gasteiger partial charge in [-0.05, 0) is 50.1 Å². The van der Waals surface area contributed by atoms with Gasteiger partial charge < -0.3 is 15.5 Å². The fourth-order valence-electron chi connectivity index (χ4n) is 3.75. The first-order valence-electron chi connectivity index (χ1n) is 11.6. The Morgan fingerprint density at radius 1 is 0.886 bits per heavy atom. The van der Waals surface area contributed by atoms with Crippen LogP contribution in [0.2, 0.25) is 0 Å². The second-order valence-corrected chi connectivity index (χ2v) is 8.27. The summed E-state index contributed by atoms with van der Waals surface area (Å²) in [5.41, 5.74) is 5.34. The molecule has 0 saturated heterocycles. The van der Waals surface area contributed by atoms with E-state index in [4.69, 9.17) is 5.10 Å². The van der Waals surface area contributed by atoms with Crippen molar-refractivity contribution >= 4 is 23.4 Å². The quantitative estimate of drug-likeness (QED) is 0.369. The van der Waals surface area contributed by atoms with E-state index in [0.717, 1.165) is 33.8 Å². The number of nitrogens with zero attached hydrogens (tertiary/aromatic N) is 3. The van der Waals surface area contributed by atoms with Gasteiger partial charge in [0, 0.05) is 23.9 Å². The molecule has 3 amide bonds. The molecule has 0 fully saturated rings. The summed E-state index contributed by atoms with van der Waals surface area (Å²) in [6.45, 7) is 6.10. The zero-order valence-electron chi connectivity index (χ0n) is 20.2. The van der Waals surface area contributed by atoms with Crippen LogP contribution in [0.1, 0.15) is 18.1 Å². The average Bonchev–Trinajstić information content (AvgIpc) is 3.30. The van der Waals surface area contributed by atoms with E-state index in [-0.39, 0.29) is 18.5 Å². The number of likely N-dealkylation sites (N-methyl/N-ethyl adjacent to an activating group) is 1. The fraction of sp³-hybridized carbons (Fsp3) is 0.179. The van der Waals surface area contributed by atoms with Crippen molar-refractivity contribution in [1.82, 2.24) is 14.7 Å². The molecule has 35 heavy (non-hydrogen) atoms. The molecule has 3 aromatic carbocycles. The molecule has 0 unspecified atom stereocenters. The Labute approximate surface area is 205 Å². The first-order valence-corrected chi connectivity index (χ1v) is 11.6. The van der Waals surface area contributed by atoms with Gasteiger partial charge in [-0.15, -0.1) is 0 Å². The Kier molecular flexibility index (Phi) is 7.26. The lowest BCUT2D eigenvalue weighted by Gasteiger charge is -2.22. The number of hydrogen-bond donors (Lipinski definition) is 2. The Bertz CT molecular complexity index is 1320. The number of benzene rings is 3. The summed E-state index contributed by atoms with van der Waals surface area (Å²) in [7, 11) is 0. The second-order valence-electron chi connectivity index (χ2n) is 8.27. The third-order valence-corrected chi connectivity index (χ3v) is 5.90. The fourth-order valence-corrected chi connectivity index (χ4v) is 3.75. The highest BCUT2D eigenvalue weighted by Crippen LogP contribution is 2.25. The monoisotopic (exact) mass is 467 g/mol. The van der Waals surface area contributed by atoms with Crippen LogP contribution in [0.15, 0.2) is 84.9 Å². The standard InChI is InChI=1S/C28H29N5O2/c1-4-32(28(35)29-24-17-11-12-20(2)21(24)3)19-27(34)30-26-18-25(22-13-7-5-8-14-22)31-33(26)23-15-9-6-10-16-23/h5-18H,4,19H2,1-3H3,(H,29,35)(H,30,34). The Balaban J connectivity index is 1.53. The van der Waals surface area contributed by atoms with Crippen LogP contribution in [0.5, 0.6) is 0 Å². The van der Waals surface area contributed by atoms with Gasteiger partial charge in [0.2, 0.25) is 5.91 Å². The van der Waals surface area contributed by atoms with Crippen LogP contribution in [-0.4, -0.2) is 39.7 Å². The number of rotatable bonds is 7. The molecule has 0 aliphatic heterocycles. The van der Waals surface area contributed by atoms with Crippen LogP contribution >= 0.6 is 0 Å². The van der Waals surface area contributed by atoms with Crippen molar-refractivity contribution in [3.8, 4) is 16.9 Å². The summed E-state index contributed by atoms with van der Waals surface area (Å²) in [4.78, 5) is 27.4. The van der Waals surface area contributed by atoms with Gasteiger partial charge in [-0.3, -0.25) is 4.79 Å². The maximum atomic E-state index is 13.0. The van der Waals surface area contributed by atoms with Gasteiger partial charge >= 0.3 is 6.03 Å². The molecular weight excluding hydrogens is 438 g/mol. The molecule has 2 N–H and O–H groups in total. The van der Waals surface area contributed by atoms with Crippen LogP contribution < -0.4 is 10.6 Å². The molecule has 178 valence electrons. The number of nitrogens with one attached hydrogen (secondary N) is 2. The van der Waals surface area contributed by atoms with E-state index in [1.54, 1.807) is 4.68 Å². The highest BCUT2D eigenvalue weighted by atomic mass is 16.2. The molecule has 4 rings (SSSR count). The van der Waals surface area contributed by atoms with Crippen LogP contribution in [0.3, 0.4) is 0 Å². The Morgan fingerprint density at radius 3 is 2.26 bits per heavy atom. The van der Waals surface area contributed by atoms with Gasteiger partial charge in [0.15, 0.2) is 0 Å². The van der Waals surface area contributed by atoms with Crippen molar-refractivity contribution < 1.29 is 9.59 Å².